The highest BCUT2D eigenvalue weighted by atomic mass is 16.5. The highest BCUT2D eigenvalue weighted by Crippen LogP contribution is 2.13. The van der Waals surface area contributed by atoms with Crippen molar-refractivity contribution in [2.75, 3.05) is 19.8 Å². The maximum atomic E-state index is 12.6. The van der Waals surface area contributed by atoms with Gasteiger partial charge in [-0.25, -0.2) is 4.68 Å². The van der Waals surface area contributed by atoms with Crippen LogP contribution in [0.5, 0.6) is 0 Å². The van der Waals surface area contributed by atoms with Gasteiger partial charge in [-0.05, 0) is 24.8 Å². The van der Waals surface area contributed by atoms with Crippen molar-refractivity contribution in [1.82, 2.24) is 15.1 Å². The van der Waals surface area contributed by atoms with E-state index in [-0.39, 0.29) is 17.4 Å². The second-order valence-corrected chi connectivity index (χ2v) is 6.85. The van der Waals surface area contributed by atoms with Gasteiger partial charge < -0.3 is 10.1 Å². The number of fused-ring (bicyclic) bond motifs is 1. The smallest absolute Gasteiger partial charge is 0.274 e. The normalized spacial score (nSPS) is 11.2. The molecule has 0 aliphatic rings. The maximum Gasteiger partial charge on any atom is 0.274 e. The van der Waals surface area contributed by atoms with Gasteiger partial charge >= 0.3 is 0 Å². The lowest BCUT2D eigenvalue weighted by Crippen LogP contribution is -2.32. The van der Waals surface area contributed by atoms with Gasteiger partial charge in [0.05, 0.1) is 5.39 Å². The van der Waals surface area contributed by atoms with E-state index in [9.17, 15) is 9.59 Å². The van der Waals surface area contributed by atoms with Crippen molar-refractivity contribution in [3.63, 3.8) is 0 Å². The number of unbranched alkanes of at least 4 members (excludes halogenated alkanes) is 1. The molecule has 2 rings (SSSR count). The second kappa shape index (κ2) is 10.1. The van der Waals surface area contributed by atoms with Crippen LogP contribution < -0.4 is 10.9 Å². The third kappa shape index (κ3) is 5.39. The summed E-state index contributed by atoms with van der Waals surface area (Å²) in [5.74, 6) is 0.00445. The quantitative estimate of drug-likeness (QED) is 0.662. The highest BCUT2D eigenvalue weighted by molar-refractivity contribution is 6.04. The third-order valence-electron chi connectivity index (χ3n) is 4.01. The van der Waals surface area contributed by atoms with E-state index in [2.05, 4.69) is 17.3 Å². The molecule has 0 bridgehead atoms. The lowest BCUT2D eigenvalue weighted by Gasteiger charge is -2.12. The summed E-state index contributed by atoms with van der Waals surface area (Å²) < 4.78 is 6.90. The molecule has 0 spiro atoms. The van der Waals surface area contributed by atoms with Gasteiger partial charge in [0, 0.05) is 31.7 Å². The van der Waals surface area contributed by atoms with Crippen LogP contribution in [0.15, 0.2) is 29.1 Å². The fraction of sp³-hybridized carbons (Fsp3) is 0.550. The summed E-state index contributed by atoms with van der Waals surface area (Å²) in [6, 6.07) is 7.13. The molecule has 1 heterocycles. The van der Waals surface area contributed by atoms with Gasteiger partial charge in [0.1, 0.15) is 0 Å². The number of hydrogen-bond donors (Lipinski definition) is 1. The molecule has 26 heavy (non-hydrogen) atoms. The number of nitrogens with one attached hydrogen (secondary N) is 1. The van der Waals surface area contributed by atoms with Crippen molar-refractivity contribution in [3.8, 4) is 0 Å². The van der Waals surface area contributed by atoms with E-state index in [0.717, 1.165) is 25.9 Å². The number of ether oxygens (including phenoxy) is 1. The summed E-state index contributed by atoms with van der Waals surface area (Å²) in [4.78, 5) is 25.2. The molecule has 0 aliphatic heterocycles. The lowest BCUT2D eigenvalue weighted by molar-refractivity contribution is 0.0934. The molecule has 0 unspecified atom stereocenters. The number of nitrogens with zero attached hydrogens (tertiary/aromatic N) is 2. The zero-order chi connectivity index (χ0) is 18.9. The van der Waals surface area contributed by atoms with Crippen molar-refractivity contribution in [2.24, 2.45) is 5.92 Å². The molecule has 0 aliphatic carbocycles. The Labute approximate surface area is 154 Å². The summed E-state index contributed by atoms with van der Waals surface area (Å²) in [5.41, 5.74) is 0.142. The van der Waals surface area contributed by atoms with Gasteiger partial charge in [-0.15, -0.1) is 0 Å². The Morgan fingerprint density at radius 1 is 1.19 bits per heavy atom. The predicted molar refractivity (Wildman–Crippen MR) is 104 cm³/mol. The molecule has 1 aromatic carbocycles. The number of carbonyl (C=O) groups excluding carboxylic acids is 1. The summed E-state index contributed by atoms with van der Waals surface area (Å²) in [6.07, 6.45) is 2.92. The van der Waals surface area contributed by atoms with Gasteiger partial charge in [0.2, 0.25) is 0 Å². The van der Waals surface area contributed by atoms with Crippen LogP contribution in [0.1, 0.15) is 50.5 Å². The Bertz CT molecular complexity index is 783. The van der Waals surface area contributed by atoms with Crippen LogP contribution in [0.3, 0.4) is 0 Å². The molecule has 0 saturated heterocycles. The van der Waals surface area contributed by atoms with Crippen molar-refractivity contribution in [1.29, 1.82) is 0 Å². The maximum absolute atomic E-state index is 12.6. The van der Waals surface area contributed by atoms with E-state index in [1.807, 2.05) is 19.9 Å². The lowest BCUT2D eigenvalue weighted by atomic mass is 10.1. The summed E-state index contributed by atoms with van der Waals surface area (Å²) in [5, 5.41) is 8.34. The molecule has 0 saturated carbocycles. The van der Waals surface area contributed by atoms with Crippen LogP contribution in [0.2, 0.25) is 0 Å². The Morgan fingerprint density at radius 3 is 2.58 bits per heavy atom. The van der Waals surface area contributed by atoms with Gasteiger partial charge in [0.25, 0.3) is 11.5 Å². The Balaban J connectivity index is 2.11. The van der Waals surface area contributed by atoms with Crippen molar-refractivity contribution in [2.45, 2.75) is 46.6 Å². The molecule has 1 amide bonds. The van der Waals surface area contributed by atoms with E-state index >= 15 is 0 Å². The molecule has 1 aromatic heterocycles. The van der Waals surface area contributed by atoms with Crippen LogP contribution in [-0.4, -0.2) is 35.4 Å². The number of aromatic nitrogens is 2. The average molecular weight is 359 g/mol. The van der Waals surface area contributed by atoms with Crippen LogP contribution in [-0.2, 0) is 11.3 Å². The fourth-order valence-corrected chi connectivity index (χ4v) is 2.68. The Morgan fingerprint density at radius 2 is 1.88 bits per heavy atom. The highest BCUT2D eigenvalue weighted by Gasteiger charge is 2.16. The molecule has 2 aromatic rings. The van der Waals surface area contributed by atoms with E-state index in [0.29, 0.717) is 36.2 Å². The zero-order valence-electron chi connectivity index (χ0n) is 16.0. The topological polar surface area (TPSA) is 73.2 Å². The molecular formula is C20H29N3O3. The number of rotatable bonds is 10. The third-order valence-corrected chi connectivity index (χ3v) is 4.01. The van der Waals surface area contributed by atoms with Crippen molar-refractivity contribution in [3.05, 3.63) is 40.3 Å². The number of benzene rings is 1. The van der Waals surface area contributed by atoms with E-state index in [1.54, 1.807) is 18.2 Å². The van der Waals surface area contributed by atoms with E-state index < -0.39 is 0 Å². The summed E-state index contributed by atoms with van der Waals surface area (Å²) >= 11 is 0. The predicted octanol–water partition coefficient (Wildman–Crippen LogP) is 2.99. The first-order valence-corrected chi connectivity index (χ1v) is 9.40. The summed E-state index contributed by atoms with van der Waals surface area (Å²) in [7, 11) is 0. The zero-order valence-corrected chi connectivity index (χ0v) is 16.0. The largest absolute Gasteiger partial charge is 0.381 e. The van der Waals surface area contributed by atoms with Crippen LogP contribution in [0.25, 0.3) is 10.8 Å². The second-order valence-electron chi connectivity index (χ2n) is 6.85. The van der Waals surface area contributed by atoms with Gasteiger partial charge in [-0.1, -0.05) is 45.4 Å². The molecule has 142 valence electrons. The first-order chi connectivity index (χ1) is 12.5. The molecule has 6 nitrogen and oxygen atoms in total. The van der Waals surface area contributed by atoms with Gasteiger partial charge in [0.15, 0.2) is 5.69 Å². The van der Waals surface area contributed by atoms with Crippen molar-refractivity contribution < 1.29 is 9.53 Å². The minimum atomic E-state index is -0.257. The molecular weight excluding hydrogens is 330 g/mol. The SMILES string of the molecule is CCCCOCCCNC(=O)c1nn(CC(C)C)c(=O)c2ccccc12. The van der Waals surface area contributed by atoms with Gasteiger partial charge in [-0.3, -0.25) is 9.59 Å². The van der Waals surface area contributed by atoms with Crippen molar-refractivity contribution >= 4 is 16.7 Å². The van der Waals surface area contributed by atoms with Crippen LogP contribution >= 0.6 is 0 Å². The minimum Gasteiger partial charge on any atom is -0.381 e. The Kier molecular flexibility index (Phi) is 7.78. The van der Waals surface area contributed by atoms with E-state index in [4.69, 9.17) is 4.74 Å². The monoisotopic (exact) mass is 359 g/mol. The molecule has 0 atom stereocenters. The van der Waals surface area contributed by atoms with Crippen LogP contribution in [0, 0.1) is 5.92 Å². The number of amides is 1. The van der Waals surface area contributed by atoms with E-state index in [1.165, 1.54) is 4.68 Å². The summed E-state index contributed by atoms with van der Waals surface area (Å²) in [6.45, 7) is 8.54. The first kappa shape index (κ1) is 20.1. The molecule has 6 heteroatoms. The van der Waals surface area contributed by atoms with Crippen LogP contribution in [0.4, 0.5) is 0 Å². The standard InChI is InChI=1S/C20H29N3O3/c1-4-5-12-26-13-8-11-21-19(24)18-16-9-6-7-10-17(16)20(25)23(22-18)14-15(2)3/h6-7,9-10,15H,4-5,8,11-14H2,1-3H3,(H,21,24). The molecule has 0 radical (unpaired) electrons. The first-order valence-electron chi connectivity index (χ1n) is 9.40. The molecule has 0 fully saturated rings. The number of hydrogen-bond acceptors (Lipinski definition) is 4. The number of carbonyl (C=O) groups is 1. The average Bonchev–Trinajstić information content (AvgIpc) is 2.63. The molecule has 1 N–H and O–H groups in total. The van der Waals surface area contributed by atoms with Gasteiger partial charge in [-0.2, -0.15) is 5.10 Å². The Hall–Kier alpha value is -2.21. The minimum absolute atomic E-state index is 0.157. The fourth-order valence-electron chi connectivity index (χ4n) is 2.68.